The van der Waals surface area contributed by atoms with Crippen molar-refractivity contribution in [3.8, 4) is 11.5 Å². The van der Waals surface area contributed by atoms with Gasteiger partial charge in [0.15, 0.2) is 11.5 Å². The lowest BCUT2D eigenvalue weighted by molar-refractivity contribution is 0.0303. The first-order chi connectivity index (χ1) is 17.0. The molecule has 0 radical (unpaired) electrons. The van der Waals surface area contributed by atoms with Gasteiger partial charge in [-0.1, -0.05) is 36.4 Å². The van der Waals surface area contributed by atoms with Gasteiger partial charge < -0.3 is 19.1 Å². The number of ether oxygens (including phenoxy) is 3. The molecule has 182 valence electrons. The van der Waals surface area contributed by atoms with Gasteiger partial charge in [0.1, 0.15) is 13.2 Å². The minimum atomic E-state index is -4.00. The van der Waals surface area contributed by atoms with Gasteiger partial charge in [0.05, 0.1) is 30.3 Å². The highest BCUT2D eigenvalue weighted by molar-refractivity contribution is 7.92. The largest absolute Gasteiger partial charge is 0.486 e. The average molecular weight is 495 g/mol. The summed E-state index contributed by atoms with van der Waals surface area (Å²) in [6, 6.07) is 20.7. The average Bonchev–Trinajstić information content (AvgIpc) is 2.92. The Morgan fingerprint density at radius 2 is 1.57 bits per heavy atom. The fraction of sp³-hybridized carbons (Fsp3) is 0.269. The van der Waals surface area contributed by atoms with E-state index in [-0.39, 0.29) is 17.3 Å². The van der Waals surface area contributed by atoms with Crippen molar-refractivity contribution in [2.75, 3.05) is 43.8 Å². The van der Waals surface area contributed by atoms with Crippen LogP contribution in [0.2, 0.25) is 0 Å². The Kier molecular flexibility index (Phi) is 6.61. The van der Waals surface area contributed by atoms with Crippen molar-refractivity contribution in [1.29, 1.82) is 0 Å². The zero-order chi connectivity index (χ0) is 24.3. The number of carbonyl (C=O) groups is 1. The molecule has 0 atom stereocenters. The Bertz CT molecular complexity index is 1310. The highest BCUT2D eigenvalue weighted by atomic mass is 32.2. The number of sulfonamides is 1. The molecule has 2 aliphatic rings. The van der Waals surface area contributed by atoms with Crippen LogP contribution >= 0.6 is 0 Å². The van der Waals surface area contributed by atoms with Crippen LogP contribution in [0.4, 0.5) is 5.69 Å². The van der Waals surface area contributed by atoms with Gasteiger partial charge in [0.25, 0.3) is 15.9 Å². The van der Waals surface area contributed by atoms with E-state index in [1.807, 2.05) is 30.3 Å². The number of rotatable bonds is 6. The first-order valence-corrected chi connectivity index (χ1v) is 12.9. The standard InChI is InChI=1S/C26H26N2O6S/c29-26(27-11-13-32-14-12-27)21-7-4-8-22(17-21)28(19-20-5-2-1-3-6-20)35(30,31)23-9-10-24-25(18-23)34-16-15-33-24/h1-10,17-18H,11-16,19H2. The van der Waals surface area contributed by atoms with Crippen LogP contribution < -0.4 is 13.8 Å². The summed E-state index contributed by atoms with van der Waals surface area (Å²) >= 11 is 0. The quantitative estimate of drug-likeness (QED) is 0.523. The molecule has 2 heterocycles. The SMILES string of the molecule is O=C(c1cccc(N(Cc2ccccc2)S(=O)(=O)c2ccc3c(c2)OCCO3)c1)N1CCOCC1. The molecule has 0 unspecified atom stereocenters. The van der Waals surface area contributed by atoms with E-state index in [0.717, 1.165) is 5.56 Å². The van der Waals surface area contributed by atoms with E-state index in [4.69, 9.17) is 14.2 Å². The first-order valence-electron chi connectivity index (χ1n) is 11.5. The van der Waals surface area contributed by atoms with E-state index in [1.54, 1.807) is 35.2 Å². The van der Waals surface area contributed by atoms with Gasteiger partial charge in [-0.15, -0.1) is 0 Å². The topological polar surface area (TPSA) is 85.4 Å². The minimum absolute atomic E-state index is 0.0857. The molecule has 0 bridgehead atoms. The lowest BCUT2D eigenvalue weighted by Crippen LogP contribution is -2.40. The van der Waals surface area contributed by atoms with Crippen molar-refractivity contribution in [2.24, 2.45) is 0 Å². The summed E-state index contributed by atoms with van der Waals surface area (Å²) in [4.78, 5) is 14.9. The molecule has 0 saturated carbocycles. The van der Waals surface area contributed by atoms with Crippen LogP contribution in [0.3, 0.4) is 0 Å². The Balaban J connectivity index is 1.53. The van der Waals surface area contributed by atoms with E-state index < -0.39 is 10.0 Å². The van der Waals surface area contributed by atoms with Crippen LogP contribution in [0.15, 0.2) is 77.7 Å². The summed E-state index contributed by atoms with van der Waals surface area (Å²) in [5, 5.41) is 0. The lowest BCUT2D eigenvalue weighted by Gasteiger charge is -2.28. The lowest BCUT2D eigenvalue weighted by atomic mass is 10.1. The van der Waals surface area contributed by atoms with Gasteiger partial charge in [0, 0.05) is 24.7 Å². The maximum Gasteiger partial charge on any atom is 0.264 e. The Labute approximate surface area is 204 Å². The van der Waals surface area contributed by atoms with Gasteiger partial charge in [0.2, 0.25) is 0 Å². The molecular formula is C26H26N2O6S. The molecule has 1 fully saturated rings. The summed E-state index contributed by atoms with van der Waals surface area (Å²) in [6.07, 6.45) is 0. The molecule has 0 N–H and O–H groups in total. The Morgan fingerprint density at radius 1 is 0.829 bits per heavy atom. The van der Waals surface area contributed by atoms with Crippen LogP contribution in [0.25, 0.3) is 0 Å². The fourth-order valence-electron chi connectivity index (χ4n) is 4.12. The van der Waals surface area contributed by atoms with Gasteiger partial charge in [-0.25, -0.2) is 8.42 Å². The molecule has 0 aliphatic carbocycles. The second-order valence-electron chi connectivity index (χ2n) is 8.26. The summed E-state index contributed by atoms with van der Waals surface area (Å²) in [5.41, 5.74) is 1.65. The molecule has 5 rings (SSSR count). The number of hydrogen-bond donors (Lipinski definition) is 0. The van der Waals surface area contributed by atoms with Gasteiger partial charge in [-0.3, -0.25) is 9.10 Å². The van der Waals surface area contributed by atoms with Gasteiger partial charge in [-0.05, 0) is 35.9 Å². The highest BCUT2D eigenvalue weighted by Crippen LogP contribution is 2.35. The number of nitrogens with zero attached hydrogens (tertiary/aromatic N) is 2. The van der Waals surface area contributed by atoms with Gasteiger partial charge >= 0.3 is 0 Å². The van der Waals surface area contributed by atoms with E-state index in [0.29, 0.717) is 62.3 Å². The number of carbonyl (C=O) groups excluding carboxylic acids is 1. The summed E-state index contributed by atoms with van der Waals surface area (Å²) in [6.45, 7) is 2.87. The Morgan fingerprint density at radius 3 is 2.34 bits per heavy atom. The molecule has 1 amide bonds. The van der Waals surface area contributed by atoms with E-state index in [2.05, 4.69) is 0 Å². The third kappa shape index (κ3) is 4.96. The number of hydrogen-bond acceptors (Lipinski definition) is 6. The molecule has 0 spiro atoms. The predicted molar refractivity (Wildman–Crippen MR) is 130 cm³/mol. The smallest absolute Gasteiger partial charge is 0.264 e. The summed E-state index contributed by atoms with van der Waals surface area (Å²) < 4.78 is 45.7. The predicted octanol–water partition coefficient (Wildman–Crippen LogP) is 3.33. The summed E-state index contributed by atoms with van der Waals surface area (Å²) in [5.74, 6) is 0.766. The summed E-state index contributed by atoms with van der Waals surface area (Å²) in [7, 11) is -4.00. The number of fused-ring (bicyclic) bond motifs is 1. The molecule has 3 aromatic carbocycles. The molecule has 3 aromatic rings. The fourth-order valence-corrected chi connectivity index (χ4v) is 5.58. The maximum absolute atomic E-state index is 13.9. The molecule has 0 aromatic heterocycles. The molecule has 2 aliphatic heterocycles. The number of anilines is 1. The van der Waals surface area contributed by atoms with Crippen LogP contribution in [-0.4, -0.2) is 58.7 Å². The van der Waals surface area contributed by atoms with Crippen LogP contribution in [-0.2, 0) is 21.3 Å². The van der Waals surface area contributed by atoms with Crippen molar-refractivity contribution < 1.29 is 27.4 Å². The zero-order valence-corrected chi connectivity index (χ0v) is 19.9. The van der Waals surface area contributed by atoms with Crippen molar-refractivity contribution in [3.05, 3.63) is 83.9 Å². The molecule has 35 heavy (non-hydrogen) atoms. The van der Waals surface area contributed by atoms with E-state index in [9.17, 15) is 13.2 Å². The number of amides is 1. The first kappa shape index (κ1) is 23.2. The van der Waals surface area contributed by atoms with Crippen molar-refractivity contribution in [3.63, 3.8) is 0 Å². The second-order valence-corrected chi connectivity index (χ2v) is 10.1. The van der Waals surface area contributed by atoms with Gasteiger partial charge in [-0.2, -0.15) is 0 Å². The third-order valence-electron chi connectivity index (χ3n) is 5.95. The van der Waals surface area contributed by atoms with Crippen molar-refractivity contribution in [1.82, 2.24) is 4.90 Å². The zero-order valence-electron chi connectivity index (χ0n) is 19.1. The van der Waals surface area contributed by atoms with E-state index in [1.165, 1.54) is 16.4 Å². The maximum atomic E-state index is 13.9. The second kappa shape index (κ2) is 9.97. The Hall–Kier alpha value is -3.56. The van der Waals surface area contributed by atoms with E-state index >= 15 is 0 Å². The number of benzene rings is 3. The van der Waals surface area contributed by atoms with Crippen LogP contribution in [0, 0.1) is 0 Å². The molecule has 8 nitrogen and oxygen atoms in total. The molecule has 1 saturated heterocycles. The number of morpholine rings is 1. The minimum Gasteiger partial charge on any atom is -0.486 e. The molecular weight excluding hydrogens is 468 g/mol. The highest BCUT2D eigenvalue weighted by Gasteiger charge is 2.28. The third-order valence-corrected chi connectivity index (χ3v) is 7.72. The normalized spacial score (nSPS) is 15.5. The van der Waals surface area contributed by atoms with Crippen molar-refractivity contribution in [2.45, 2.75) is 11.4 Å². The van der Waals surface area contributed by atoms with Crippen molar-refractivity contribution >= 4 is 21.6 Å². The van der Waals surface area contributed by atoms with Crippen LogP contribution in [0.1, 0.15) is 15.9 Å². The monoisotopic (exact) mass is 494 g/mol. The van der Waals surface area contributed by atoms with Crippen LogP contribution in [0.5, 0.6) is 11.5 Å². The molecule has 9 heteroatoms.